The molecule has 4 saturated heterocycles. The number of rotatable bonds is 16. The van der Waals surface area contributed by atoms with Gasteiger partial charge in [-0.1, -0.05) is 48.5 Å². The normalized spacial score (nSPS) is 17.9. The molecule has 0 N–H and O–H groups in total. The number of nitrogens with zero attached hydrogens (tertiary/aromatic N) is 12. The van der Waals surface area contributed by atoms with E-state index >= 15 is 0 Å². The average molecular weight is 1650 g/mol. The van der Waals surface area contributed by atoms with Crippen molar-refractivity contribution in [2.24, 2.45) is 0 Å². The molecule has 0 spiro atoms. The molecule has 0 atom stereocenters. The van der Waals surface area contributed by atoms with Crippen LogP contribution in [0.3, 0.4) is 0 Å². The van der Waals surface area contributed by atoms with Crippen molar-refractivity contribution in [3.05, 3.63) is 72.8 Å². The Hall–Kier alpha value is -3.18. The number of fused-ring (bicyclic) bond motifs is 20. The Morgan fingerprint density at radius 1 is 0.341 bits per heavy atom. The zero-order valence-corrected chi connectivity index (χ0v) is 61.5. The van der Waals surface area contributed by atoms with Crippen molar-refractivity contribution in [2.75, 3.05) is 133 Å². The topological polar surface area (TPSA) is 142 Å². The van der Waals surface area contributed by atoms with Crippen LogP contribution in [0.1, 0.15) is 77.0 Å². The molecule has 0 unspecified atom stereocenters. The van der Waals surface area contributed by atoms with Gasteiger partial charge in [-0.25, -0.2) is 9.97 Å². The Balaban J connectivity index is 0.00000188. The van der Waals surface area contributed by atoms with Gasteiger partial charge in [-0.15, -0.1) is 0 Å². The van der Waals surface area contributed by atoms with Crippen LogP contribution in [0.15, 0.2) is 72.8 Å². The molecule has 0 aliphatic carbocycles. The average Bonchev–Trinajstić information content (AvgIpc) is 4.40. The number of likely N-dealkylation sites (tertiary alicyclic amines) is 4. The zero-order chi connectivity index (χ0) is 54.3. The van der Waals surface area contributed by atoms with Gasteiger partial charge in [0.2, 0.25) is 0 Å². The van der Waals surface area contributed by atoms with Crippen LogP contribution < -0.4 is 125 Å². The summed E-state index contributed by atoms with van der Waals surface area (Å²) in [6.45, 7) is 15.1. The number of hydrogen-bond acceptors (Lipinski definition) is 10. The van der Waals surface area contributed by atoms with E-state index in [0.717, 1.165) is 140 Å². The second-order valence-corrected chi connectivity index (χ2v) is 25.0. The van der Waals surface area contributed by atoms with Crippen LogP contribution in [-0.2, 0) is 19.5 Å². The van der Waals surface area contributed by atoms with Crippen molar-refractivity contribution >= 4 is 44.1 Å². The summed E-state index contributed by atoms with van der Waals surface area (Å²) >= 11 is 0. The molecule has 9 heterocycles. The Morgan fingerprint density at radius 3 is 0.953 bits per heavy atom. The fourth-order valence-corrected chi connectivity index (χ4v) is 13.7. The Kier molecular flexibility index (Phi) is 23.3. The summed E-state index contributed by atoms with van der Waals surface area (Å²) in [5.41, 5.74) is 4.99. The number of quaternary nitrogens is 4. The van der Waals surface area contributed by atoms with E-state index in [0.29, 0.717) is 95.3 Å². The van der Waals surface area contributed by atoms with Crippen molar-refractivity contribution in [1.29, 1.82) is 0 Å². The Labute approximate surface area is 582 Å². The predicted octanol–water partition coefficient (Wildman–Crippen LogP) is -1.82. The first-order chi connectivity index (χ1) is 39.0. The Bertz CT molecular complexity index is 3380. The molecular weight excluding hydrogens is 1570 g/mol. The molecule has 16 nitrogen and oxygen atoms in total. The molecule has 0 radical (unpaired) electrons. The Morgan fingerprint density at radius 2 is 0.624 bits per heavy atom. The van der Waals surface area contributed by atoms with Gasteiger partial charge in [0, 0.05) is 44.5 Å². The van der Waals surface area contributed by atoms with Crippen molar-refractivity contribution in [3.8, 4) is 68.5 Å². The van der Waals surface area contributed by atoms with Gasteiger partial charge >= 0.3 is 19.5 Å². The first-order valence-electron chi connectivity index (χ1n) is 30.1. The fraction of sp³-hybridized carbons (Fsp3) is 0.500. The minimum absolute atomic E-state index is 0. The second-order valence-electron chi connectivity index (χ2n) is 25.0. The molecule has 0 amide bonds. The molecule has 8 bridgehead atoms. The molecule has 3 aromatic heterocycles. The van der Waals surface area contributed by atoms with Crippen LogP contribution in [0.4, 0.5) is 0 Å². The third-order valence-corrected chi connectivity index (χ3v) is 18.8. The largest absolute Gasteiger partial charge is 2.00 e. The summed E-state index contributed by atoms with van der Waals surface area (Å²) in [6, 6.07) is 24.4. The van der Waals surface area contributed by atoms with Crippen LogP contribution in [0.5, 0.6) is 23.0 Å². The third-order valence-electron chi connectivity index (χ3n) is 18.8. The van der Waals surface area contributed by atoms with Gasteiger partial charge in [0.05, 0.1) is 115 Å². The standard InChI is InChI=1S/C64H80N12O4.4HI.Zn/c1-73(29-9-5-10-30-73)37-41-77-49-25-17-21-45-53(49)61-65-57(45)70-62-55-47(23-19-27-51(55)79-43-39-75(3)33-13-7-14-34-75)59(67-62)72-64-56-48(24-20-28-52(56)80-44-40-76(4)35-15-8-16-36-76)60(68-64)71-63-54-46(58(66-63)69-61)22-18-26-50(54)78-42-38-74(2)31-11-6-12-32-74;;;;;/h17-28H,5-16,29-44H2,1-4H3;4*1H;/q+2;;;;;+2/p-4. The number of benzene rings is 4. The molecule has 21 heteroatoms. The van der Waals surface area contributed by atoms with Crippen LogP contribution in [0, 0.1) is 0 Å². The minimum atomic E-state index is 0. The molecule has 450 valence electrons. The SMILES string of the molecule is C[N+]1(CCOc2cccc3c2-c2nc-3nc3[n-]c(nc4nc(nc5[n-]c(n2)c2cccc(OCC[N+]6(C)CCCCC6)c52)-c2cccc(OCC[N+]5(C)CCCCC5)c2-4)c2cccc(OCC[N+]4(C)CCCCC4)c32)CCCCC1.[I-].[I-].[I-].[I-].[Zn+2]. The maximum atomic E-state index is 6.84. The molecule has 7 aromatic rings. The third kappa shape index (κ3) is 14.7. The van der Waals surface area contributed by atoms with Crippen molar-refractivity contribution < 1.29 is 152 Å². The van der Waals surface area contributed by atoms with E-state index < -0.39 is 0 Å². The van der Waals surface area contributed by atoms with Gasteiger partial charge in [0.1, 0.15) is 75.6 Å². The summed E-state index contributed by atoms with van der Waals surface area (Å²) in [7, 11) is 9.42. The quantitative estimate of drug-likeness (QED) is 0.0612. The maximum Gasteiger partial charge on any atom is 2.00 e. The number of hydrogen-bond donors (Lipinski definition) is 0. The van der Waals surface area contributed by atoms with E-state index in [1.807, 2.05) is 48.5 Å². The van der Waals surface area contributed by atoms with Crippen LogP contribution in [-0.4, -0.2) is 181 Å². The van der Waals surface area contributed by atoms with Gasteiger partial charge in [-0.3, -0.25) is 0 Å². The van der Waals surface area contributed by atoms with Gasteiger partial charge in [-0.2, -0.15) is 0 Å². The summed E-state index contributed by atoms with van der Waals surface area (Å²) < 4.78 is 31.4. The number of ether oxygens (including phenoxy) is 4. The van der Waals surface area contributed by atoms with Crippen molar-refractivity contribution in [3.63, 3.8) is 0 Å². The van der Waals surface area contributed by atoms with Crippen molar-refractivity contribution in [2.45, 2.75) is 77.0 Å². The van der Waals surface area contributed by atoms with Crippen LogP contribution in [0.25, 0.3) is 89.7 Å². The molecular formula is C64H80I4N12O4Zn. The number of piperidine rings is 4. The van der Waals surface area contributed by atoms with E-state index in [4.69, 9.17) is 58.8 Å². The van der Waals surface area contributed by atoms with Crippen molar-refractivity contribution in [1.82, 2.24) is 39.9 Å². The summed E-state index contributed by atoms with van der Waals surface area (Å²) in [5.74, 6) is 4.66. The molecule has 85 heavy (non-hydrogen) atoms. The number of likely N-dealkylation sites (N-methyl/N-ethyl adjacent to an activating group) is 4. The second kappa shape index (κ2) is 29.2. The molecule has 4 fully saturated rings. The van der Waals surface area contributed by atoms with Crippen LogP contribution in [0.2, 0.25) is 0 Å². The summed E-state index contributed by atoms with van der Waals surface area (Å²) in [4.78, 5) is 43.1. The molecule has 6 aliphatic heterocycles. The molecule has 0 saturated carbocycles. The van der Waals surface area contributed by atoms with Gasteiger partial charge < -0.3 is 163 Å². The van der Waals surface area contributed by atoms with Gasteiger partial charge in [0.25, 0.3) is 0 Å². The molecule has 13 rings (SSSR count). The monoisotopic (exact) mass is 1650 g/mol. The maximum absolute atomic E-state index is 6.84. The number of aromatic nitrogens is 8. The molecule has 6 aliphatic rings. The summed E-state index contributed by atoms with van der Waals surface area (Å²) in [6.07, 6.45) is 15.1. The van der Waals surface area contributed by atoms with E-state index in [-0.39, 0.29) is 115 Å². The fourth-order valence-electron chi connectivity index (χ4n) is 13.7. The van der Waals surface area contributed by atoms with Gasteiger partial charge in [0.15, 0.2) is 0 Å². The van der Waals surface area contributed by atoms with Gasteiger partial charge in [-0.05, 0) is 112 Å². The minimum Gasteiger partial charge on any atom is -1.00 e. The smallest absolute Gasteiger partial charge is 1.00 e. The number of halogens is 4. The first kappa shape index (κ1) is 67.7. The van der Waals surface area contributed by atoms with E-state index in [1.54, 1.807) is 0 Å². The summed E-state index contributed by atoms with van der Waals surface area (Å²) in [5, 5.41) is 3.14. The predicted molar refractivity (Wildman–Crippen MR) is 315 cm³/mol. The zero-order valence-electron chi connectivity index (χ0n) is 49.9. The van der Waals surface area contributed by atoms with Crippen LogP contribution >= 0.6 is 0 Å². The first-order valence-corrected chi connectivity index (χ1v) is 30.1. The van der Waals surface area contributed by atoms with E-state index in [1.165, 1.54) is 77.0 Å². The molecule has 4 aromatic carbocycles. The van der Waals surface area contributed by atoms with E-state index in [2.05, 4.69) is 52.5 Å². The van der Waals surface area contributed by atoms with E-state index in [9.17, 15) is 0 Å².